The number of rotatable bonds is 0. The lowest BCUT2D eigenvalue weighted by atomic mass is 10.1. The Labute approximate surface area is 89.4 Å². The van der Waals surface area contributed by atoms with Crippen LogP contribution in [0, 0.1) is 12.7 Å². The van der Waals surface area contributed by atoms with Crippen LogP contribution in [0.25, 0.3) is 0 Å². The van der Waals surface area contributed by atoms with Crippen molar-refractivity contribution in [3.63, 3.8) is 0 Å². The van der Waals surface area contributed by atoms with Crippen LogP contribution in [0.4, 0.5) is 10.1 Å². The molecule has 0 bridgehead atoms. The summed E-state index contributed by atoms with van der Waals surface area (Å²) in [6.07, 6.45) is 0.861. The SMILES string of the molecule is Cc1ccc2c(c1F)OC(C)(C)CCN2. The first-order valence-electron chi connectivity index (χ1n) is 5.22. The lowest BCUT2D eigenvalue weighted by Crippen LogP contribution is -2.28. The highest BCUT2D eigenvalue weighted by atomic mass is 19.1. The third kappa shape index (κ3) is 1.91. The highest BCUT2D eigenvalue weighted by Crippen LogP contribution is 2.35. The maximum absolute atomic E-state index is 13.8. The average molecular weight is 209 g/mol. The monoisotopic (exact) mass is 209 g/mol. The smallest absolute Gasteiger partial charge is 0.179 e. The van der Waals surface area contributed by atoms with Gasteiger partial charge >= 0.3 is 0 Å². The summed E-state index contributed by atoms with van der Waals surface area (Å²) in [5.41, 5.74) is 1.06. The number of hydrogen-bond donors (Lipinski definition) is 1. The van der Waals surface area contributed by atoms with E-state index in [4.69, 9.17) is 4.74 Å². The average Bonchev–Trinajstić information content (AvgIpc) is 2.30. The zero-order valence-electron chi connectivity index (χ0n) is 9.36. The van der Waals surface area contributed by atoms with Crippen molar-refractivity contribution in [2.75, 3.05) is 11.9 Å². The van der Waals surface area contributed by atoms with Crippen molar-refractivity contribution in [2.45, 2.75) is 32.8 Å². The molecule has 0 unspecified atom stereocenters. The molecule has 1 aliphatic rings. The van der Waals surface area contributed by atoms with E-state index in [0.717, 1.165) is 18.7 Å². The molecule has 0 aliphatic carbocycles. The lowest BCUT2D eigenvalue weighted by Gasteiger charge is -2.24. The zero-order chi connectivity index (χ0) is 11.1. The second-order valence-electron chi connectivity index (χ2n) is 4.61. The van der Waals surface area contributed by atoms with Crippen LogP contribution in [0.15, 0.2) is 12.1 Å². The predicted molar refractivity (Wildman–Crippen MR) is 59.0 cm³/mol. The first kappa shape index (κ1) is 10.3. The molecule has 0 aromatic heterocycles. The minimum absolute atomic E-state index is 0.255. The fourth-order valence-electron chi connectivity index (χ4n) is 1.72. The summed E-state index contributed by atoms with van der Waals surface area (Å²) in [6, 6.07) is 3.64. The number of anilines is 1. The van der Waals surface area contributed by atoms with Gasteiger partial charge in [-0.3, -0.25) is 0 Å². The van der Waals surface area contributed by atoms with E-state index in [2.05, 4.69) is 5.32 Å². The first-order valence-corrected chi connectivity index (χ1v) is 5.22. The van der Waals surface area contributed by atoms with Crippen molar-refractivity contribution in [1.82, 2.24) is 0 Å². The number of hydrogen-bond acceptors (Lipinski definition) is 2. The minimum Gasteiger partial charge on any atom is -0.483 e. The van der Waals surface area contributed by atoms with Crippen LogP contribution in [0.5, 0.6) is 5.75 Å². The molecule has 1 aromatic rings. The molecule has 0 fully saturated rings. The van der Waals surface area contributed by atoms with Gasteiger partial charge in [-0.1, -0.05) is 6.07 Å². The Morgan fingerprint density at radius 2 is 2.13 bits per heavy atom. The first-order chi connectivity index (χ1) is 6.99. The van der Waals surface area contributed by atoms with Gasteiger partial charge in [0.1, 0.15) is 5.60 Å². The summed E-state index contributed by atoms with van der Waals surface area (Å²) in [7, 11) is 0. The molecule has 1 aliphatic heterocycles. The molecular weight excluding hydrogens is 193 g/mol. The van der Waals surface area contributed by atoms with E-state index >= 15 is 0 Å². The van der Waals surface area contributed by atoms with Gasteiger partial charge in [0, 0.05) is 13.0 Å². The maximum Gasteiger partial charge on any atom is 0.179 e. The Hall–Kier alpha value is -1.25. The maximum atomic E-state index is 13.8. The highest BCUT2D eigenvalue weighted by Gasteiger charge is 2.26. The lowest BCUT2D eigenvalue weighted by molar-refractivity contribution is 0.103. The molecule has 3 heteroatoms. The number of halogens is 1. The van der Waals surface area contributed by atoms with Crippen LogP contribution < -0.4 is 10.1 Å². The fourth-order valence-corrected chi connectivity index (χ4v) is 1.72. The van der Waals surface area contributed by atoms with Gasteiger partial charge in [-0.2, -0.15) is 0 Å². The van der Waals surface area contributed by atoms with Crippen molar-refractivity contribution < 1.29 is 9.13 Å². The summed E-state index contributed by atoms with van der Waals surface area (Å²) in [4.78, 5) is 0. The molecule has 0 atom stereocenters. The second-order valence-corrected chi connectivity index (χ2v) is 4.61. The third-order valence-electron chi connectivity index (χ3n) is 2.71. The van der Waals surface area contributed by atoms with E-state index in [0.29, 0.717) is 11.3 Å². The molecule has 0 saturated carbocycles. The van der Waals surface area contributed by atoms with Crippen molar-refractivity contribution in [1.29, 1.82) is 0 Å². The number of aryl methyl sites for hydroxylation is 1. The summed E-state index contributed by atoms with van der Waals surface area (Å²) in [5.74, 6) is 0.104. The predicted octanol–water partition coefficient (Wildman–Crippen LogP) is 3.11. The Balaban J connectivity index is 2.49. The molecular formula is C12H16FNO. The Bertz CT molecular complexity index is 387. The zero-order valence-corrected chi connectivity index (χ0v) is 9.36. The van der Waals surface area contributed by atoms with E-state index in [-0.39, 0.29) is 11.4 Å². The van der Waals surface area contributed by atoms with E-state index in [1.165, 1.54) is 0 Å². The quantitative estimate of drug-likeness (QED) is 0.709. The van der Waals surface area contributed by atoms with Gasteiger partial charge in [0.2, 0.25) is 0 Å². The fraction of sp³-hybridized carbons (Fsp3) is 0.500. The van der Waals surface area contributed by atoms with Crippen molar-refractivity contribution in [2.24, 2.45) is 0 Å². The van der Waals surface area contributed by atoms with Gasteiger partial charge in [-0.05, 0) is 32.4 Å². The van der Waals surface area contributed by atoms with E-state index in [1.54, 1.807) is 13.0 Å². The molecule has 1 aromatic carbocycles. The Kier molecular flexibility index (Phi) is 2.33. The topological polar surface area (TPSA) is 21.3 Å². The minimum atomic E-state index is -0.313. The van der Waals surface area contributed by atoms with Crippen LogP contribution in [0.3, 0.4) is 0 Å². The van der Waals surface area contributed by atoms with Gasteiger partial charge in [-0.25, -0.2) is 4.39 Å². The molecule has 2 nitrogen and oxygen atoms in total. The number of benzene rings is 1. The largest absolute Gasteiger partial charge is 0.483 e. The number of nitrogens with one attached hydrogen (secondary N) is 1. The molecule has 82 valence electrons. The Morgan fingerprint density at radius 3 is 2.87 bits per heavy atom. The van der Waals surface area contributed by atoms with Gasteiger partial charge < -0.3 is 10.1 Å². The van der Waals surface area contributed by atoms with Gasteiger partial charge in [0.15, 0.2) is 11.6 Å². The van der Waals surface area contributed by atoms with E-state index in [9.17, 15) is 4.39 Å². The van der Waals surface area contributed by atoms with Crippen molar-refractivity contribution in [3.05, 3.63) is 23.5 Å². The van der Waals surface area contributed by atoms with E-state index in [1.807, 2.05) is 19.9 Å². The van der Waals surface area contributed by atoms with Crippen LogP contribution in [-0.2, 0) is 0 Å². The second kappa shape index (κ2) is 3.40. The molecule has 0 saturated heterocycles. The Morgan fingerprint density at radius 1 is 1.40 bits per heavy atom. The molecule has 1 N–H and O–H groups in total. The van der Waals surface area contributed by atoms with E-state index < -0.39 is 0 Å². The van der Waals surface area contributed by atoms with Crippen molar-refractivity contribution in [3.8, 4) is 5.75 Å². The van der Waals surface area contributed by atoms with Gasteiger partial charge in [0.25, 0.3) is 0 Å². The third-order valence-corrected chi connectivity index (χ3v) is 2.71. The highest BCUT2D eigenvalue weighted by molar-refractivity contribution is 5.59. The molecule has 2 rings (SSSR count). The standard InChI is InChI=1S/C12H16FNO/c1-8-4-5-9-11(10(8)13)15-12(2,3)6-7-14-9/h4-5,14H,6-7H2,1-3H3. The normalized spacial score (nSPS) is 18.4. The number of fused-ring (bicyclic) bond motifs is 1. The van der Waals surface area contributed by atoms with Crippen LogP contribution >= 0.6 is 0 Å². The van der Waals surface area contributed by atoms with Gasteiger partial charge in [0.05, 0.1) is 5.69 Å². The summed E-state index contributed by atoms with van der Waals surface area (Å²) >= 11 is 0. The molecule has 15 heavy (non-hydrogen) atoms. The van der Waals surface area contributed by atoms with Gasteiger partial charge in [-0.15, -0.1) is 0 Å². The number of ether oxygens (including phenoxy) is 1. The summed E-state index contributed by atoms with van der Waals surface area (Å²) < 4.78 is 19.6. The van der Waals surface area contributed by atoms with Crippen LogP contribution in [0.1, 0.15) is 25.8 Å². The van der Waals surface area contributed by atoms with Crippen molar-refractivity contribution >= 4 is 5.69 Å². The molecule has 0 amide bonds. The molecule has 0 spiro atoms. The molecule has 1 heterocycles. The summed E-state index contributed by atoms with van der Waals surface area (Å²) in [5, 5.41) is 3.18. The van der Waals surface area contributed by atoms with Crippen LogP contribution in [0.2, 0.25) is 0 Å². The van der Waals surface area contributed by atoms with Crippen LogP contribution in [-0.4, -0.2) is 12.1 Å². The molecule has 0 radical (unpaired) electrons. The summed E-state index contributed by atoms with van der Waals surface area (Å²) in [6.45, 7) is 6.51.